The third-order valence-corrected chi connectivity index (χ3v) is 2.46. The first-order valence-electron chi connectivity index (χ1n) is 5.05. The second kappa shape index (κ2) is 6.75. The average Bonchev–Trinajstić information content (AvgIpc) is 2.30. The number of aliphatic carboxylic acids is 2. The molecule has 0 atom stereocenters. The molecule has 106 valence electrons. The number of benzene rings is 1. The summed E-state index contributed by atoms with van der Waals surface area (Å²) in [6.45, 7) is 0. The van der Waals surface area contributed by atoms with E-state index in [9.17, 15) is 19.1 Å². The van der Waals surface area contributed by atoms with Crippen LogP contribution in [0, 0.1) is 5.82 Å². The largest absolute Gasteiger partial charge is 0.509 e. The smallest absolute Gasteiger partial charge is 0.359 e. The number of nitrogens with zero attached hydrogens (tertiary/aromatic N) is 2. The van der Waals surface area contributed by atoms with Gasteiger partial charge in [-0.25, -0.2) is 9.18 Å². The maximum atomic E-state index is 13.4. The summed E-state index contributed by atoms with van der Waals surface area (Å²) in [7, 11) is 0. The number of carboxylic acid groups (broad SMARTS) is 2. The SMILES string of the molecule is O=C(O)CC(O)=C(N=Nc1ccc(Br)cc1F)C(=O)O. The van der Waals surface area contributed by atoms with E-state index in [-0.39, 0.29) is 5.69 Å². The summed E-state index contributed by atoms with van der Waals surface area (Å²) in [6.07, 6.45) is -0.927. The van der Waals surface area contributed by atoms with Crippen molar-refractivity contribution in [1.29, 1.82) is 0 Å². The molecule has 0 radical (unpaired) electrons. The highest BCUT2D eigenvalue weighted by molar-refractivity contribution is 9.10. The van der Waals surface area contributed by atoms with E-state index in [4.69, 9.17) is 10.2 Å². The minimum atomic E-state index is -1.68. The highest BCUT2D eigenvalue weighted by atomic mass is 79.9. The molecular formula is C11H8BrFN2O5. The van der Waals surface area contributed by atoms with Gasteiger partial charge in [0.25, 0.3) is 0 Å². The summed E-state index contributed by atoms with van der Waals surface area (Å²) in [6, 6.07) is 3.78. The van der Waals surface area contributed by atoms with Gasteiger partial charge in [0.1, 0.15) is 17.9 Å². The van der Waals surface area contributed by atoms with Crippen molar-refractivity contribution in [2.24, 2.45) is 10.2 Å². The normalized spacial score (nSPS) is 12.3. The van der Waals surface area contributed by atoms with Crippen molar-refractivity contribution in [3.63, 3.8) is 0 Å². The molecule has 20 heavy (non-hydrogen) atoms. The van der Waals surface area contributed by atoms with E-state index in [0.717, 1.165) is 6.07 Å². The van der Waals surface area contributed by atoms with Gasteiger partial charge in [0, 0.05) is 4.47 Å². The lowest BCUT2D eigenvalue weighted by atomic mass is 10.3. The Bertz CT molecular complexity index is 615. The molecule has 3 N–H and O–H groups in total. The number of aliphatic hydroxyl groups is 1. The van der Waals surface area contributed by atoms with Crippen molar-refractivity contribution in [3.8, 4) is 0 Å². The molecule has 1 aromatic carbocycles. The molecular weight excluding hydrogens is 339 g/mol. The zero-order chi connectivity index (χ0) is 15.3. The number of hydrogen-bond donors (Lipinski definition) is 3. The molecule has 0 spiro atoms. The van der Waals surface area contributed by atoms with Crippen molar-refractivity contribution < 1.29 is 29.3 Å². The van der Waals surface area contributed by atoms with Crippen LogP contribution in [-0.2, 0) is 9.59 Å². The van der Waals surface area contributed by atoms with Crippen molar-refractivity contribution >= 4 is 33.6 Å². The minimum absolute atomic E-state index is 0.255. The van der Waals surface area contributed by atoms with Crippen LogP contribution < -0.4 is 0 Å². The maximum absolute atomic E-state index is 13.4. The lowest BCUT2D eigenvalue weighted by molar-refractivity contribution is -0.136. The fourth-order valence-electron chi connectivity index (χ4n) is 1.12. The van der Waals surface area contributed by atoms with E-state index < -0.39 is 35.6 Å². The zero-order valence-corrected chi connectivity index (χ0v) is 11.3. The van der Waals surface area contributed by atoms with Gasteiger partial charge < -0.3 is 15.3 Å². The Labute approximate surface area is 120 Å². The Hall–Kier alpha value is -2.29. The fourth-order valence-corrected chi connectivity index (χ4v) is 1.45. The van der Waals surface area contributed by atoms with Gasteiger partial charge in [-0.2, -0.15) is 0 Å². The summed E-state index contributed by atoms with van der Waals surface area (Å²) in [4.78, 5) is 21.2. The summed E-state index contributed by atoms with van der Waals surface area (Å²) in [5, 5.41) is 33.0. The Morgan fingerprint density at radius 1 is 1.25 bits per heavy atom. The third kappa shape index (κ3) is 4.43. The maximum Gasteiger partial charge on any atom is 0.359 e. The average molecular weight is 347 g/mol. The number of halogens is 2. The van der Waals surface area contributed by atoms with Crippen LogP contribution in [0.2, 0.25) is 0 Å². The molecule has 0 fully saturated rings. The van der Waals surface area contributed by atoms with Gasteiger partial charge in [0.05, 0.1) is 0 Å². The molecule has 0 amide bonds. The molecule has 7 nitrogen and oxygen atoms in total. The van der Waals surface area contributed by atoms with E-state index in [1.165, 1.54) is 12.1 Å². The number of hydrogen-bond acceptors (Lipinski definition) is 5. The number of azo groups is 1. The van der Waals surface area contributed by atoms with E-state index in [2.05, 4.69) is 26.2 Å². The van der Waals surface area contributed by atoms with E-state index in [1.54, 1.807) is 0 Å². The predicted molar refractivity (Wildman–Crippen MR) is 68.2 cm³/mol. The monoisotopic (exact) mass is 346 g/mol. The zero-order valence-electron chi connectivity index (χ0n) is 9.75. The minimum Gasteiger partial charge on any atom is -0.509 e. The van der Waals surface area contributed by atoms with E-state index in [1.807, 2.05) is 0 Å². The van der Waals surface area contributed by atoms with Crippen molar-refractivity contribution in [2.45, 2.75) is 6.42 Å². The van der Waals surface area contributed by atoms with E-state index >= 15 is 0 Å². The highest BCUT2D eigenvalue weighted by Crippen LogP contribution is 2.23. The van der Waals surface area contributed by atoms with Crippen LogP contribution in [0.5, 0.6) is 0 Å². The van der Waals surface area contributed by atoms with Crippen molar-refractivity contribution in [2.75, 3.05) is 0 Å². The lowest BCUT2D eigenvalue weighted by Crippen LogP contribution is -2.06. The molecule has 0 aliphatic heterocycles. The number of rotatable bonds is 5. The van der Waals surface area contributed by atoms with Crippen LogP contribution in [0.1, 0.15) is 6.42 Å². The van der Waals surface area contributed by atoms with Gasteiger partial charge in [-0.05, 0) is 18.2 Å². The first-order valence-corrected chi connectivity index (χ1v) is 5.84. The molecule has 1 rings (SSSR count). The predicted octanol–water partition coefficient (Wildman–Crippen LogP) is 3.00. The standard InChI is InChI=1S/C11H8BrFN2O5/c12-5-1-2-7(6(13)3-5)14-15-10(11(19)20)8(16)4-9(17)18/h1-3,16H,4H2,(H,17,18)(H,19,20). The van der Waals surface area contributed by atoms with Gasteiger partial charge in [0.15, 0.2) is 5.82 Å². The molecule has 0 saturated carbocycles. The first-order chi connectivity index (χ1) is 9.31. The Morgan fingerprint density at radius 2 is 1.90 bits per heavy atom. The summed E-state index contributed by atoms with van der Waals surface area (Å²) in [5.41, 5.74) is -1.22. The van der Waals surface area contributed by atoms with Crippen LogP contribution in [0.3, 0.4) is 0 Å². The molecule has 0 bridgehead atoms. The molecule has 0 heterocycles. The summed E-state index contributed by atoms with van der Waals surface area (Å²) in [5.74, 6) is -4.85. The summed E-state index contributed by atoms with van der Waals surface area (Å²) < 4.78 is 13.9. The third-order valence-electron chi connectivity index (χ3n) is 1.96. The van der Waals surface area contributed by atoms with Gasteiger partial charge in [-0.15, -0.1) is 10.2 Å². The topological polar surface area (TPSA) is 120 Å². The number of aliphatic hydroxyl groups excluding tert-OH is 1. The fraction of sp³-hybridized carbons (Fsp3) is 0.0909. The molecule has 0 unspecified atom stereocenters. The Kier molecular flexibility index (Phi) is 5.32. The summed E-state index contributed by atoms with van der Waals surface area (Å²) >= 11 is 3.03. The molecule has 0 aliphatic carbocycles. The lowest BCUT2D eigenvalue weighted by Gasteiger charge is -2.00. The van der Waals surface area contributed by atoms with Gasteiger partial charge in [0.2, 0.25) is 5.70 Å². The Balaban J connectivity index is 3.10. The highest BCUT2D eigenvalue weighted by Gasteiger charge is 2.16. The molecule has 0 aromatic heterocycles. The number of carbonyl (C=O) groups is 2. The van der Waals surface area contributed by atoms with Crippen LogP contribution >= 0.6 is 15.9 Å². The first kappa shape index (κ1) is 15.8. The van der Waals surface area contributed by atoms with Crippen molar-refractivity contribution in [3.05, 3.63) is 39.9 Å². The van der Waals surface area contributed by atoms with Crippen LogP contribution in [0.4, 0.5) is 10.1 Å². The van der Waals surface area contributed by atoms with Gasteiger partial charge >= 0.3 is 11.9 Å². The van der Waals surface area contributed by atoms with Gasteiger partial charge in [-0.1, -0.05) is 15.9 Å². The molecule has 0 aliphatic rings. The molecule has 1 aromatic rings. The van der Waals surface area contributed by atoms with Gasteiger partial charge in [-0.3, -0.25) is 4.79 Å². The van der Waals surface area contributed by atoms with Crippen molar-refractivity contribution in [1.82, 2.24) is 0 Å². The second-order valence-corrected chi connectivity index (χ2v) is 4.38. The molecule has 0 saturated heterocycles. The quantitative estimate of drug-likeness (QED) is 0.430. The number of carboxylic acids is 2. The molecule has 9 heteroatoms. The van der Waals surface area contributed by atoms with Crippen LogP contribution in [0.25, 0.3) is 0 Å². The van der Waals surface area contributed by atoms with Crippen LogP contribution in [-0.4, -0.2) is 27.3 Å². The van der Waals surface area contributed by atoms with E-state index in [0.29, 0.717) is 4.47 Å². The second-order valence-electron chi connectivity index (χ2n) is 3.47. The van der Waals surface area contributed by atoms with Crippen LogP contribution in [0.15, 0.2) is 44.4 Å². The Morgan fingerprint density at radius 3 is 2.40 bits per heavy atom.